The number of amides is 4. The van der Waals surface area contributed by atoms with E-state index < -0.39 is 68.4 Å². The van der Waals surface area contributed by atoms with E-state index in [0.29, 0.717) is 38.1 Å². The third kappa shape index (κ3) is 7.32. The highest BCUT2D eigenvalue weighted by atomic mass is 32.2. The van der Waals surface area contributed by atoms with Gasteiger partial charge in [-0.25, -0.2) is 8.42 Å². The normalized spacial score (nSPS) is 27.1. The first-order valence-electron chi connectivity index (χ1n) is 13.1. The minimum Gasteiger partial charge on any atom is -0.356 e. The number of nitrogens with zero attached hydrogens (tertiary/aromatic N) is 1. The number of hydrogen-bond acceptors (Lipinski definition) is 6. The van der Waals surface area contributed by atoms with E-state index in [1.54, 1.807) is 5.32 Å². The molecule has 6 atom stereocenters. The van der Waals surface area contributed by atoms with Gasteiger partial charge in [-0.3, -0.25) is 19.2 Å². The molecule has 0 bridgehead atoms. The molecule has 4 amide bonds. The molecule has 3 rings (SSSR count). The van der Waals surface area contributed by atoms with Crippen LogP contribution in [0.3, 0.4) is 0 Å². The summed E-state index contributed by atoms with van der Waals surface area (Å²) in [5.74, 6) is -5.25. The first-order valence-corrected chi connectivity index (χ1v) is 15.0. The van der Waals surface area contributed by atoms with Crippen LogP contribution in [0.5, 0.6) is 0 Å². The van der Waals surface area contributed by atoms with Crippen LogP contribution in [0.25, 0.3) is 0 Å². The van der Waals surface area contributed by atoms with Crippen LogP contribution in [0.15, 0.2) is 11.2 Å². The molecular weight excluding hydrogens is 560 g/mol. The summed E-state index contributed by atoms with van der Waals surface area (Å²) in [7, 11) is -4.24. The number of nitrogens with one attached hydrogen (secondary N) is 3. The molecule has 40 heavy (non-hydrogen) atoms. The Labute approximate surface area is 230 Å². The number of sulfone groups is 1. The first-order chi connectivity index (χ1) is 18.3. The summed E-state index contributed by atoms with van der Waals surface area (Å²) in [6, 6.07) is -3.95. The number of halogens is 4. The molecule has 0 aromatic rings. The van der Waals surface area contributed by atoms with E-state index in [9.17, 15) is 45.2 Å². The molecule has 0 unspecified atom stereocenters. The Morgan fingerprint density at radius 1 is 1.12 bits per heavy atom. The fraction of sp³-hybridized carbons (Fsp3) is 0.760. The number of alkyl halides is 3. The standard InChI is InChI=1S/C25H36F4N4O6S/c1-24(2,3)19(32-23(37)25(27,28)29)22(36)33-12-14-6-5-7-16(14)18(33)21(35)31-15(11-17(26)40(4,38)39)10-13-8-9-30-20(13)34/h11,13-16,18-19H,5-10,12H2,1-4H3,(H,30,34)(H,31,35)(H,32,37)/b17-11+/t13-,14-,15-,16-,18-,19+/m0/s1. The van der Waals surface area contributed by atoms with Gasteiger partial charge in [0, 0.05) is 25.3 Å². The highest BCUT2D eigenvalue weighted by Gasteiger charge is 2.53. The Morgan fingerprint density at radius 2 is 1.77 bits per heavy atom. The molecule has 2 aliphatic heterocycles. The van der Waals surface area contributed by atoms with Crippen LogP contribution in [0.1, 0.15) is 52.9 Å². The predicted molar refractivity (Wildman–Crippen MR) is 135 cm³/mol. The number of fused-ring (bicyclic) bond motifs is 1. The van der Waals surface area contributed by atoms with Crippen LogP contribution < -0.4 is 16.0 Å². The van der Waals surface area contributed by atoms with Gasteiger partial charge in [-0.1, -0.05) is 27.2 Å². The quantitative estimate of drug-likeness (QED) is 0.364. The maximum Gasteiger partial charge on any atom is 0.471 e. The number of likely N-dealkylation sites (tertiary alicyclic amines) is 1. The van der Waals surface area contributed by atoms with Crippen molar-refractivity contribution in [2.75, 3.05) is 19.3 Å². The molecule has 2 heterocycles. The highest BCUT2D eigenvalue weighted by molar-refractivity contribution is 7.94. The Morgan fingerprint density at radius 3 is 2.30 bits per heavy atom. The number of carbonyl (C=O) groups is 4. The molecule has 1 aliphatic carbocycles. The second-order valence-corrected chi connectivity index (χ2v) is 13.9. The summed E-state index contributed by atoms with van der Waals surface area (Å²) in [6.07, 6.45) is -1.55. The third-order valence-corrected chi connectivity index (χ3v) is 8.65. The van der Waals surface area contributed by atoms with Gasteiger partial charge in [0.05, 0.1) is 6.04 Å². The van der Waals surface area contributed by atoms with Gasteiger partial charge in [-0.05, 0) is 49.0 Å². The lowest BCUT2D eigenvalue weighted by Gasteiger charge is -2.36. The van der Waals surface area contributed by atoms with E-state index >= 15 is 0 Å². The number of rotatable bonds is 8. The minimum atomic E-state index is -5.22. The fourth-order valence-electron chi connectivity index (χ4n) is 5.79. The van der Waals surface area contributed by atoms with Crippen molar-refractivity contribution in [3.8, 4) is 0 Å². The van der Waals surface area contributed by atoms with Crippen molar-refractivity contribution in [2.24, 2.45) is 23.2 Å². The minimum absolute atomic E-state index is 0.0826. The van der Waals surface area contributed by atoms with Gasteiger partial charge < -0.3 is 20.9 Å². The Kier molecular flexibility index (Phi) is 9.26. The summed E-state index contributed by atoms with van der Waals surface area (Å²) in [4.78, 5) is 52.4. The summed E-state index contributed by atoms with van der Waals surface area (Å²) >= 11 is 0. The van der Waals surface area contributed by atoms with Crippen LogP contribution >= 0.6 is 0 Å². The zero-order chi connectivity index (χ0) is 30.2. The van der Waals surface area contributed by atoms with Crippen molar-refractivity contribution in [2.45, 2.75) is 77.2 Å². The molecule has 10 nitrogen and oxygen atoms in total. The van der Waals surface area contributed by atoms with Crippen LogP contribution in [0, 0.1) is 23.2 Å². The van der Waals surface area contributed by atoms with Crippen LogP contribution in [-0.4, -0.2) is 80.6 Å². The lowest BCUT2D eigenvalue weighted by atomic mass is 9.85. The second kappa shape index (κ2) is 11.6. The van der Waals surface area contributed by atoms with E-state index in [1.807, 2.05) is 0 Å². The molecule has 1 saturated carbocycles. The van der Waals surface area contributed by atoms with Crippen molar-refractivity contribution >= 4 is 33.5 Å². The van der Waals surface area contributed by atoms with Crippen molar-refractivity contribution in [1.29, 1.82) is 0 Å². The molecule has 3 fully saturated rings. The molecule has 0 aromatic carbocycles. The van der Waals surface area contributed by atoms with Gasteiger partial charge in [0.25, 0.3) is 0 Å². The third-order valence-electron chi connectivity index (χ3n) is 7.80. The predicted octanol–water partition coefficient (Wildman–Crippen LogP) is 1.57. The van der Waals surface area contributed by atoms with E-state index in [1.165, 1.54) is 25.7 Å². The van der Waals surface area contributed by atoms with E-state index in [2.05, 4.69) is 10.6 Å². The SMILES string of the molecule is CC(C)(C)[C@H](NC(=O)C(F)(F)F)C(=O)N1C[C@@H]2CCC[C@@H]2[C@H]1C(=O)N[C@H](/C=C(\F)S(C)(=O)=O)C[C@@H]1CCNC1=O. The molecule has 226 valence electrons. The number of carbonyl (C=O) groups excluding carboxylic acids is 4. The van der Waals surface area contributed by atoms with Gasteiger partial charge >= 0.3 is 12.1 Å². The first kappa shape index (κ1) is 31.8. The van der Waals surface area contributed by atoms with Gasteiger partial charge in [0.2, 0.25) is 32.7 Å². The average Bonchev–Trinajstić information content (AvgIpc) is 3.50. The molecule has 3 N–H and O–H groups in total. The van der Waals surface area contributed by atoms with Crippen molar-refractivity contribution in [3.63, 3.8) is 0 Å². The van der Waals surface area contributed by atoms with E-state index in [-0.39, 0.29) is 30.7 Å². The lowest BCUT2D eigenvalue weighted by Crippen LogP contribution is -2.60. The summed E-state index contributed by atoms with van der Waals surface area (Å²) < 4.78 is 77.1. The zero-order valence-corrected chi connectivity index (χ0v) is 23.6. The molecule has 0 radical (unpaired) electrons. The summed E-state index contributed by atoms with van der Waals surface area (Å²) in [6.45, 7) is 4.91. The average molecular weight is 597 g/mol. The van der Waals surface area contributed by atoms with Gasteiger partial charge in [-0.15, -0.1) is 0 Å². The molecule has 0 spiro atoms. The van der Waals surface area contributed by atoms with E-state index in [4.69, 9.17) is 0 Å². The van der Waals surface area contributed by atoms with Crippen molar-refractivity contribution < 1.29 is 45.2 Å². The van der Waals surface area contributed by atoms with Gasteiger partial charge in [0.1, 0.15) is 12.1 Å². The van der Waals surface area contributed by atoms with Gasteiger partial charge in [-0.2, -0.15) is 17.6 Å². The molecule has 15 heteroatoms. The number of hydrogen-bond donors (Lipinski definition) is 3. The monoisotopic (exact) mass is 596 g/mol. The summed E-state index contributed by atoms with van der Waals surface area (Å²) in [5, 5.41) is 5.50. The Balaban J connectivity index is 1.91. The maximum atomic E-state index is 14.5. The fourth-order valence-corrected chi connectivity index (χ4v) is 6.20. The molecule has 2 saturated heterocycles. The van der Waals surface area contributed by atoms with E-state index in [0.717, 1.165) is 6.42 Å². The summed E-state index contributed by atoms with van der Waals surface area (Å²) in [5.41, 5.74) is -1.14. The molecule has 0 aromatic heterocycles. The smallest absolute Gasteiger partial charge is 0.356 e. The zero-order valence-electron chi connectivity index (χ0n) is 22.8. The van der Waals surface area contributed by atoms with Crippen LogP contribution in [0.2, 0.25) is 0 Å². The molecule has 3 aliphatic rings. The second-order valence-electron chi connectivity index (χ2n) is 11.9. The highest BCUT2D eigenvalue weighted by Crippen LogP contribution is 2.43. The van der Waals surface area contributed by atoms with Gasteiger partial charge in [0.15, 0.2) is 0 Å². The van der Waals surface area contributed by atoms with Crippen molar-refractivity contribution in [1.82, 2.24) is 20.9 Å². The van der Waals surface area contributed by atoms with Crippen LogP contribution in [-0.2, 0) is 29.0 Å². The Hall–Kier alpha value is -2.71. The topological polar surface area (TPSA) is 142 Å². The van der Waals surface area contributed by atoms with Crippen LogP contribution in [0.4, 0.5) is 17.6 Å². The van der Waals surface area contributed by atoms with Crippen molar-refractivity contribution in [3.05, 3.63) is 11.2 Å². The molecular formula is C25H36F4N4O6S. The largest absolute Gasteiger partial charge is 0.471 e. The maximum absolute atomic E-state index is 14.5. The lowest BCUT2D eigenvalue weighted by molar-refractivity contribution is -0.176. The Bertz CT molecular complexity index is 1170.